The summed E-state index contributed by atoms with van der Waals surface area (Å²) in [4.78, 5) is 18.5. The zero-order valence-corrected chi connectivity index (χ0v) is 6.02. The van der Waals surface area contributed by atoms with Gasteiger partial charge in [-0.1, -0.05) is 11.6 Å². The molecule has 1 heterocycles. The third-order valence-corrected chi connectivity index (χ3v) is 1.59. The molecule has 0 bridgehead atoms. The second-order valence-corrected chi connectivity index (χ2v) is 2.27. The van der Waals surface area contributed by atoms with Gasteiger partial charge in [-0.15, -0.1) is 0 Å². The Morgan fingerprint density at radius 1 is 1.60 bits per heavy atom. The summed E-state index contributed by atoms with van der Waals surface area (Å²) in [6.07, 6.45) is -1.28. The summed E-state index contributed by atoms with van der Waals surface area (Å²) in [6.45, 7) is 0. The van der Waals surface area contributed by atoms with E-state index in [0.717, 1.165) is 0 Å². The smallest absolute Gasteiger partial charge is 0.343 e. The van der Waals surface area contributed by atoms with Crippen LogP contribution in [0.15, 0.2) is 10.3 Å². The molecule has 10 heavy (non-hydrogen) atoms. The summed E-state index contributed by atoms with van der Waals surface area (Å²) in [5.74, 6) is -1.24. The molecule has 0 fully saturated rings. The van der Waals surface area contributed by atoms with E-state index in [0.29, 0.717) is 0 Å². The van der Waals surface area contributed by atoms with E-state index >= 15 is 0 Å². The molecular formula is C4H2Cl2O4. The van der Waals surface area contributed by atoms with Crippen molar-refractivity contribution in [1.29, 1.82) is 0 Å². The van der Waals surface area contributed by atoms with E-state index in [1.165, 1.54) is 0 Å². The van der Waals surface area contributed by atoms with Crippen molar-refractivity contribution in [2.24, 2.45) is 0 Å². The number of halogens is 2. The van der Waals surface area contributed by atoms with Gasteiger partial charge in [-0.2, -0.15) is 4.89 Å². The second-order valence-electron chi connectivity index (χ2n) is 1.52. The predicted octanol–water partition coefficient (Wildman–Crippen LogP) is 1.05. The quantitative estimate of drug-likeness (QED) is 0.620. The molecule has 0 amide bonds. The maximum atomic E-state index is 10.2. The lowest BCUT2D eigenvalue weighted by Crippen LogP contribution is -2.19. The highest BCUT2D eigenvalue weighted by Gasteiger charge is 2.33. The van der Waals surface area contributed by atoms with Crippen molar-refractivity contribution in [2.75, 3.05) is 0 Å². The molecule has 0 saturated heterocycles. The van der Waals surface area contributed by atoms with Crippen LogP contribution >= 0.6 is 23.2 Å². The fourth-order valence-electron chi connectivity index (χ4n) is 0.425. The first-order valence-electron chi connectivity index (χ1n) is 2.24. The maximum absolute atomic E-state index is 10.2. The molecule has 0 aromatic rings. The van der Waals surface area contributed by atoms with Crippen molar-refractivity contribution < 1.29 is 19.7 Å². The summed E-state index contributed by atoms with van der Waals surface area (Å²) < 4.78 is 0. The molecule has 0 spiro atoms. The van der Waals surface area contributed by atoms with Gasteiger partial charge in [0, 0.05) is 0 Å². The molecule has 56 valence electrons. The maximum Gasteiger partial charge on any atom is 0.343 e. The molecule has 0 radical (unpaired) electrons. The van der Waals surface area contributed by atoms with Crippen molar-refractivity contribution in [2.45, 2.75) is 6.10 Å². The zero-order valence-electron chi connectivity index (χ0n) is 4.51. The Bertz CT molecular complexity index is 199. The van der Waals surface area contributed by atoms with Gasteiger partial charge >= 0.3 is 5.97 Å². The molecule has 1 unspecified atom stereocenters. The van der Waals surface area contributed by atoms with E-state index in [2.05, 4.69) is 9.78 Å². The Kier molecular flexibility index (Phi) is 2.03. The Morgan fingerprint density at radius 3 is 2.40 bits per heavy atom. The van der Waals surface area contributed by atoms with Crippen molar-refractivity contribution in [1.82, 2.24) is 0 Å². The number of carboxylic acid groups (broad SMARTS) is 1. The lowest BCUT2D eigenvalue weighted by Gasteiger charge is -1.97. The highest BCUT2D eigenvalue weighted by Crippen LogP contribution is 2.28. The molecule has 1 rings (SSSR count). The van der Waals surface area contributed by atoms with E-state index in [9.17, 15) is 4.79 Å². The molecule has 0 aromatic heterocycles. The first-order chi connectivity index (χ1) is 4.63. The van der Waals surface area contributed by atoms with Gasteiger partial charge in [0.25, 0.3) is 0 Å². The van der Waals surface area contributed by atoms with Crippen LogP contribution in [0.3, 0.4) is 0 Å². The Morgan fingerprint density at radius 2 is 2.20 bits per heavy atom. The molecule has 1 aliphatic rings. The Hall–Kier alpha value is -0.450. The van der Waals surface area contributed by atoms with Crippen molar-refractivity contribution in [3.8, 4) is 0 Å². The molecule has 6 heteroatoms. The monoisotopic (exact) mass is 184 g/mol. The summed E-state index contributed by atoms with van der Waals surface area (Å²) in [6, 6.07) is 0. The molecule has 0 aliphatic carbocycles. The van der Waals surface area contributed by atoms with Crippen LogP contribution in [0.5, 0.6) is 0 Å². The van der Waals surface area contributed by atoms with Crippen LogP contribution in [-0.2, 0) is 14.6 Å². The second kappa shape index (κ2) is 2.65. The van der Waals surface area contributed by atoms with Gasteiger partial charge in [-0.25, -0.2) is 4.79 Å². The fraction of sp³-hybridized carbons (Fsp3) is 0.250. The van der Waals surface area contributed by atoms with Crippen LogP contribution in [-0.4, -0.2) is 17.2 Å². The minimum Gasteiger partial charge on any atom is -0.479 e. The summed E-state index contributed by atoms with van der Waals surface area (Å²) in [5.41, 5.74) is 0. The third kappa shape index (κ3) is 1.18. The van der Waals surface area contributed by atoms with Crippen molar-refractivity contribution in [3.05, 3.63) is 10.3 Å². The summed E-state index contributed by atoms with van der Waals surface area (Å²) >= 11 is 10.6. The third-order valence-electron chi connectivity index (χ3n) is 0.860. The highest BCUT2D eigenvalue weighted by atomic mass is 35.5. The average molecular weight is 185 g/mol. The summed E-state index contributed by atoms with van der Waals surface area (Å²) in [5, 5.41) is 7.95. The number of hydrogen-bond donors (Lipinski definition) is 1. The van der Waals surface area contributed by atoms with Gasteiger partial charge in [-0.3, -0.25) is 0 Å². The number of aliphatic carboxylic acids is 1. The molecule has 0 aromatic carbocycles. The minimum absolute atomic E-state index is 0.144. The number of hydrogen-bond acceptors (Lipinski definition) is 3. The van der Waals surface area contributed by atoms with Gasteiger partial charge in [0.1, 0.15) is 5.03 Å². The van der Waals surface area contributed by atoms with E-state index in [-0.39, 0.29) is 10.3 Å². The molecule has 1 aliphatic heterocycles. The fourth-order valence-corrected chi connectivity index (χ4v) is 0.722. The molecule has 4 nitrogen and oxygen atoms in total. The Labute approximate surface area is 65.9 Å². The lowest BCUT2D eigenvalue weighted by molar-refractivity contribution is -0.256. The predicted molar refractivity (Wildman–Crippen MR) is 32.3 cm³/mol. The van der Waals surface area contributed by atoms with Crippen LogP contribution < -0.4 is 0 Å². The normalized spacial score (nSPS) is 24.8. The van der Waals surface area contributed by atoms with E-state index in [1.54, 1.807) is 0 Å². The van der Waals surface area contributed by atoms with Crippen LogP contribution in [0, 0.1) is 0 Å². The van der Waals surface area contributed by atoms with Crippen LogP contribution in [0.4, 0.5) is 0 Å². The minimum atomic E-state index is -1.28. The molecule has 1 atom stereocenters. The number of rotatable bonds is 1. The largest absolute Gasteiger partial charge is 0.479 e. The van der Waals surface area contributed by atoms with Gasteiger partial charge in [0.2, 0.25) is 11.3 Å². The van der Waals surface area contributed by atoms with Crippen LogP contribution in [0.25, 0.3) is 0 Å². The van der Waals surface area contributed by atoms with Gasteiger partial charge in [-0.05, 0) is 11.6 Å². The van der Waals surface area contributed by atoms with E-state index in [4.69, 9.17) is 28.3 Å². The van der Waals surface area contributed by atoms with Gasteiger partial charge < -0.3 is 9.99 Å². The van der Waals surface area contributed by atoms with E-state index in [1.807, 2.05) is 0 Å². The first kappa shape index (κ1) is 7.65. The number of carboxylic acids is 1. The SMILES string of the molecule is O=C(O)C1OOC(Cl)=C1Cl. The summed E-state index contributed by atoms with van der Waals surface area (Å²) in [7, 11) is 0. The lowest BCUT2D eigenvalue weighted by atomic mass is 10.4. The average Bonchev–Trinajstić information content (AvgIpc) is 2.14. The molecular weight excluding hydrogens is 183 g/mol. The van der Waals surface area contributed by atoms with E-state index < -0.39 is 12.1 Å². The number of carbonyl (C=O) groups is 1. The Balaban J connectivity index is 2.77. The highest BCUT2D eigenvalue weighted by molar-refractivity contribution is 6.39. The van der Waals surface area contributed by atoms with Crippen LogP contribution in [0.2, 0.25) is 0 Å². The van der Waals surface area contributed by atoms with Crippen LogP contribution in [0.1, 0.15) is 0 Å². The first-order valence-corrected chi connectivity index (χ1v) is 3.00. The van der Waals surface area contributed by atoms with Crippen molar-refractivity contribution >= 4 is 29.2 Å². The van der Waals surface area contributed by atoms with Crippen molar-refractivity contribution in [3.63, 3.8) is 0 Å². The molecule has 1 N–H and O–H groups in total. The topological polar surface area (TPSA) is 55.8 Å². The standard InChI is InChI=1S/C4H2Cl2O4/c5-1-2(4(7)8)9-10-3(1)6/h2H,(H,7,8). The zero-order chi connectivity index (χ0) is 7.72. The molecule has 0 saturated carbocycles. The van der Waals surface area contributed by atoms with Gasteiger partial charge in [0.05, 0.1) is 0 Å². The van der Waals surface area contributed by atoms with Gasteiger partial charge in [0.15, 0.2) is 0 Å².